The number of rotatable bonds is 11. The molecule has 2 unspecified atom stereocenters. The number of carboxylic acids is 1. The Morgan fingerprint density at radius 2 is 1.19 bits per heavy atom. The van der Waals surface area contributed by atoms with Crippen LogP contribution in [0.25, 0.3) is 0 Å². The van der Waals surface area contributed by atoms with Gasteiger partial charge in [-0.15, -0.1) is 0 Å². The van der Waals surface area contributed by atoms with E-state index >= 15 is 0 Å². The number of esters is 3. The molecule has 0 saturated heterocycles. The first kappa shape index (κ1) is 46.3. The molecular formula is C42H44N2O13. The summed E-state index contributed by atoms with van der Waals surface area (Å²) < 4.78 is 14.9. The van der Waals surface area contributed by atoms with Crippen molar-refractivity contribution in [3.8, 4) is 23.7 Å². The number of aliphatic hydroxyl groups is 1. The summed E-state index contributed by atoms with van der Waals surface area (Å²) in [5.41, 5.74) is 3.22. The third kappa shape index (κ3) is 21.6. The van der Waals surface area contributed by atoms with E-state index in [4.69, 9.17) is 24.4 Å². The number of ether oxygens (including phenoxy) is 3. The highest BCUT2D eigenvalue weighted by molar-refractivity contribution is 5.89. The van der Waals surface area contributed by atoms with E-state index in [9.17, 15) is 39.4 Å². The zero-order valence-electron chi connectivity index (χ0n) is 31.5. The van der Waals surface area contributed by atoms with Gasteiger partial charge in [-0.1, -0.05) is 90.9 Å². The molecule has 2 N–H and O–H groups in total. The molecule has 0 aromatic heterocycles. The molecule has 300 valence electrons. The molecule has 4 rings (SSSR count). The normalized spacial score (nSPS) is 16.7. The van der Waals surface area contributed by atoms with E-state index in [-0.39, 0.29) is 23.1 Å². The summed E-state index contributed by atoms with van der Waals surface area (Å²) in [5, 5.41) is 38.5. The highest BCUT2D eigenvalue weighted by atomic mass is 16.6. The molecule has 2 aliphatic carbocycles. The fraction of sp³-hybridized carbons (Fsp3) is 0.333. The van der Waals surface area contributed by atoms with E-state index in [1.807, 2.05) is 72.8 Å². The van der Waals surface area contributed by atoms with E-state index in [0.29, 0.717) is 38.5 Å². The summed E-state index contributed by atoms with van der Waals surface area (Å²) in [5.74, 6) is 6.29. The minimum Gasteiger partial charge on any atom is -0.478 e. The molecular weight excluding hydrogens is 740 g/mol. The molecule has 0 spiro atoms. The average Bonchev–Trinajstić information content (AvgIpc) is 3.20. The third-order valence-electron chi connectivity index (χ3n) is 7.70. The van der Waals surface area contributed by atoms with E-state index in [1.165, 1.54) is 32.1 Å². The van der Waals surface area contributed by atoms with E-state index in [2.05, 4.69) is 23.7 Å². The number of nitro groups is 2. The molecule has 15 nitrogen and oxygen atoms in total. The second kappa shape index (κ2) is 26.0. The van der Waals surface area contributed by atoms with Crippen LogP contribution in [0.15, 0.2) is 108 Å². The van der Waals surface area contributed by atoms with Crippen LogP contribution in [0.4, 0.5) is 0 Å². The highest BCUT2D eigenvalue weighted by Gasteiger charge is 2.24. The summed E-state index contributed by atoms with van der Waals surface area (Å²) in [7, 11) is 0. The van der Waals surface area contributed by atoms with Crippen molar-refractivity contribution in [1.82, 2.24) is 0 Å². The Labute approximate surface area is 330 Å². The smallest absolute Gasteiger partial charge is 0.384 e. The third-order valence-corrected chi connectivity index (χ3v) is 7.70. The lowest BCUT2D eigenvalue weighted by Crippen LogP contribution is -2.22. The lowest BCUT2D eigenvalue weighted by molar-refractivity contribution is -0.523. The Morgan fingerprint density at radius 1 is 0.754 bits per heavy atom. The number of nitrogens with zero attached hydrogens (tertiary/aromatic N) is 2. The number of benzene rings is 2. The summed E-state index contributed by atoms with van der Waals surface area (Å²) in [6.45, 7) is 3.34. The minimum atomic E-state index is -1.03. The van der Waals surface area contributed by atoms with Gasteiger partial charge in [0.1, 0.15) is 19.3 Å². The molecule has 4 atom stereocenters. The molecule has 0 fully saturated rings. The number of carboxylic acid groups (broad SMARTS) is 1. The van der Waals surface area contributed by atoms with Crippen LogP contribution in [0.2, 0.25) is 0 Å². The van der Waals surface area contributed by atoms with E-state index in [0.717, 1.165) is 28.3 Å². The molecule has 0 heterocycles. The number of aliphatic hydroxyl groups excluding tert-OH is 1. The first-order chi connectivity index (χ1) is 27.2. The first-order valence-corrected chi connectivity index (χ1v) is 17.8. The van der Waals surface area contributed by atoms with Gasteiger partial charge in [-0.05, 0) is 54.9 Å². The van der Waals surface area contributed by atoms with Gasteiger partial charge in [0.2, 0.25) is 12.1 Å². The lowest BCUT2D eigenvalue weighted by atomic mass is 9.95. The lowest BCUT2D eigenvalue weighted by Gasteiger charge is -2.14. The van der Waals surface area contributed by atoms with Crippen molar-refractivity contribution >= 4 is 23.9 Å². The predicted octanol–water partition coefficient (Wildman–Crippen LogP) is 5.47. The first-order valence-electron chi connectivity index (χ1n) is 17.8. The van der Waals surface area contributed by atoms with Crippen molar-refractivity contribution in [1.29, 1.82) is 0 Å². The van der Waals surface area contributed by atoms with Crippen molar-refractivity contribution in [3.63, 3.8) is 0 Å². The van der Waals surface area contributed by atoms with Crippen LogP contribution in [0.1, 0.15) is 63.5 Å². The zero-order chi connectivity index (χ0) is 42.0. The van der Waals surface area contributed by atoms with Crippen LogP contribution in [0.3, 0.4) is 0 Å². The summed E-state index contributed by atoms with van der Waals surface area (Å²) in [6.07, 6.45) is 10.2. The van der Waals surface area contributed by atoms with Gasteiger partial charge in [0.05, 0.1) is 0 Å². The van der Waals surface area contributed by atoms with Crippen molar-refractivity contribution in [2.24, 2.45) is 0 Å². The Kier molecular flexibility index (Phi) is 21.2. The summed E-state index contributed by atoms with van der Waals surface area (Å²) >= 11 is 0. The van der Waals surface area contributed by atoms with Gasteiger partial charge in [-0.2, -0.15) is 0 Å². The van der Waals surface area contributed by atoms with Gasteiger partial charge >= 0.3 is 23.9 Å². The summed E-state index contributed by atoms with van der Waals surface area (Å²) in [6, 6.07) is 17.3. The van der Waals surface area contributed by atoms with Gasteiger partial charge in [-0.25, -0.2) is 19.2 Å². The molecule has 0 saturated carbocycles. The van der Waals surface area contributed by atoms with Gasteiger partial charge < -0.3 is 24.4 Å². The Morgan fingerprint density at radius 3 is 1.61 bits per heavy atom. The number of hydrogen-bond donors (Lipinski definition) is 2. The minimum absolute atomic E-state index is 0.117. The zero-order valence-corrected chi connectivity index (χ0v) is 31.5. The van der Waals surface area contributed by atoms with Crippen molar-refractivity contribution in [2.75, 3.05) is 0 Å². The predicted molar refractivity (Wildman–Crippen MR) is 207 cm³/mol. The van der Waals surface area contributed by atoms with E-state index < -0.39 is 48.2 Å². The van der Waals surface area contributed by atoms with Crippen LogP contribution < -0.4 is 0 Å². The quantitative estimate of drug-likeness (QED) is 0.0549. The van der Waals surface area contributed by atoms with Crippen LogP contribution in [0.5, 0.6) is 0 Å². The largest absolute Gasteiger partial charge is 0.478 e. The van der Waals surface area contributed by atoms with Gasteiger partial charge in [0, 0.05) is 59.5 Å². The number of aliphatic carboxylic acids is 1. The number of carbonyl (C=O) groups excluding carboxylic acids is 3. The maximum Gasteiger partial charge on any atom is 0.384 e. The second-order valence-electron chi connectivity index (χ2n) is 12.4. The number of hydrogen-bond acceptors (Lipinski definition) is 12. The van der Waals surface area contributed by atoms with Crippen LogP contribution in [-0.2, 0) is 46.6 Å². The van der Waals surface area contributed by atoms with Gasteiger partial charge in [0.15, 0.2) is 6.10 Å². The maximum atomic E-state index is 11.8. The van der Waals surface area contributed by atoms with E-state index in [1.54, 1.807) is 0 Å². The highest BCUT2D eigenvalue weighted by Crippen LogP contribution is 2.22. The number of carbonyl (C=O) groups is 4. The van der Waals surface area contributed by atoms with Crippen LogP contribution in [0, 0.1) is 43.9 Å². The van der Waals surface area contributed by atoms with Crippen LogP contribution >= 0.6 is 0 Å². The second-order valence-corrected chi connectivity index (χ2v) is 12.4. The molecule has 0 bridgehead atoms. The standard InChI is InChI=1S/C21H21NO6.C12H12O3.C9H11NO4/c1-16(10-12-20(23)27-15-18-6-3-2-4-7-18)28-21(24)13-11-17-8-5-9-19(14-17)22(25)26;1-10(13)7-8-12(14)15-9-11-5-3-2-4-6-11;11-9(12)5-4-7-2-1-3-8(6-7)10(13)14/h2-4,6-8,11,13,16,19H,5,9,14-15H2,1H3;2-6,10,13H,9H2,1H3;2,4-5,8H,1,3,6H2,(H,11,12)/b13-11+;;5-4+/t16-,19?;10-;/m11./s1. The Balaban J connectivity index is 0.000000325. The summed E-state index contributed by atoms with van der Waals surface area (Å²) in [4.78, 5) is 65.4. The van der Waals surface area contributed by atoms with Crippen molar-refractivity contribution in [2.45, 2.75) is 89.9 Å². The molecule has 2 aliphatic rings. The fourth-order valence-electron chi connectivity index (χ4n) is 4.91. The Bertz CT molecular complexity index is 1930. The maximum absolute atomic E-state index is 11.8. The van der Waals surface area contributed by atoms with Crippen LogP contribution in [-0.4, -0.2) is 68.2 Å². The molecule has 0 radical (unpaired) electrons. The van der Waals surface area contributed by atoms with Crippen molar-refractivity contribution < 1.29 is 53.4 Å². The molecule has 15 heteroatoms. The fourth-order valence-corrected chi connectivity index (χ4v) is 4.91. The molecule has 57 heavy (non-hydrogen) atoms. The molecule has 0 aliphatic heterocycles. The topological polar surface area (TPSA) is 223 Å². The van der Waals surface area contributed by atoms with Gasteiger partial charge in [-0.3, -0.25) is 20.2 Å². The number of allylic oxidation sites excluding steroid dienone is 4. The molecule has 2 aromatic rings. The Hall–Kier alpha value is -6.84. The van der Waals surface area contributed by atoms with Crippen molar-refractivity contribution in [3.05, 3.63) is 140 Å². The SMILES string of the molecule is C[C@@H](O)C#CC(=O)OCc1ccccc1.C[C@H](C#CC(=O)OCc1ccccc1)OC(=O)/C=C/C1=CCCC([N+](=O)[O-])C1.O=C(O)/C=C/C1=CCCC([N+](=O)[O-])C1. The molecule has 0 amide bonds. The molecule has 2 aromatic carbocycles. The van der Waals surface area contributed by atoms with Gasteiger partial charge in [0.25, 0.3) is 0 Å². The monoisotopic (exact) mass is 784 g/mol. The average molecular weight is 785 g/mol.